The normalized spacial score (nSPS) is 13.1. The summed E-state index contributed by atoms with van der Waals surface area (Å²) in [5.74, 6) is 0.760. The van der Waals surface area contributed by atoms with Crippen molar-refractivity contribution in [1.29, 1.82) is 0 Å². The second-order valence-corrected chi connectivity index (χ2v) is 4.54. The number of benzene rings is 1. The molecule has 0 amide bonds. The SMILES string of the molecule is CCC(C)CNCc1ccc2[nH]ccc2c1. The monoisotopic (exact) mass is 216 g/mol. The Balaban J connectivity index is 1.93. The molecule has 16 heavy (non-hydrogen) atoms. The summed E-state index contributed by atoms with van der Waals surface area (Å²) in [7, 11) is 0. The van der Waals surface area contributed by atoms with Crippen LogP contribution in [0.15, 0.2) is 30.5 Å². The highest BCUT2D eigenvalue weighted by molar-refractivity contribution is 5.79. The van der Waals surface area contributed by atoms with E-state index in [9.17, 15) is 0 Å². The molecule has 2 rings (SSSR count). The van der Waals surface area contributed by atoms with Crippen LogP contribution in [0.2, 0.25) is 0 Å². The lowest BCUT2D eigenvalue weighted by Gasteiger charge is -2.10. The van der Waals surface area contributed by atoms with Crippen molar-refractivity contribution in [2.45, 2.75) is 26.8 Å². The van der Waals surface area contributed by atoms with E-state index in [1.165, 1.54) is 22.9 Å². The molecule has 0 saturated carbocycles. The van der Waals surface area contributed by atoms with Crippen LogP contribution in [0.3, 0.4) is 0 Å². The molecule has 1 heterocycles. The summed E-state index contributed by atoms with van der Waals surface area (Å²) in [6, 6.07) is 8.70. The largest absolute Gasteiger partial charge is 0.361 e. The molecule has 2 N–H and O–H groups in total. The number of rotatable bonds is 5. The van der Waals surface area contributed by atoms with Gasteiger partial charge in [0.2, 0.25) is 0 Å². The maximum Gasteiger partial charge on any atom is 0.0454 e. The summed E-state index contributed by atoms with van der Waals surface area (Å²) in [5, 5.41) is 4.79. The van der Waals surface area contributed by atoms with Gasteiger partial charge in [-0.3, -0.25) is 0 Å². The van der Waals surface area contributed by atoms with Crippen LogP contribution in [0.25, 0.3) is 10.9 Å². The Bertz CT molecular complexity index is 445. The van der Waals surface area contributed by atoms with E-state index >= 15 is 0 Å². The van der Waals surface area contributed by atoms with Crippen molar-refractivity contribution in [3.8, 4) is 0 Å². The van der Waals surface area contributed by atoms with Crippen LogP contribution in [-0.4, -0.2) is 11.5 Å². The molecule has 1 atom stereocenters. The highest BCUT2D eigenvalue weighted by Crippen LogP contribution is 2.14. The molecule has 2 aromatic rings. The summed E-state index contributed by atoms with van der Waals surface area (Å²) in [6.07, 6.45) is 3.23. The molecule has 0 saturated heterocycles. The topological polar surface area (TPSA) is 27.8 Å². The molecule has 1 unspecified atom stereocenters. The average molecular weight is 216 g/mol. The first kappa shape index (κ1) is 11.2. The molecule has 86 valence electrons. The molecular weight excluding hydrogens is 196 g/mol. The van der Waals surface area contributed by atoms with Gasteiger partial charge in [0.15, 0.2) is 0 Å². The third-order valence-corrected chi connectivity index (χ3v) is 3.14. The lowest BCUT2D eigenvalue weighted by molar-refractivity contribution is 0.500. The molecule has 2 nitrogen and oxygen atoms in total. The van der Waals surface area contributed by atoms with Gasteiger partial charge in [-0.05, 0) is 41.6 Å². The molecule has 0 aliphatic rings. The molecule has 2 heteroatoms. The minimum absolute atomic E-state index is 0.760. The maximum absolute atomic E-state index is 3.50. The van der Waals surface area contributed by atoms with Crippen LogP contribution in [-0.2, 0) is 6.54 Å². The van der Waals surface area contributed by atoms with Crippen molar-refractivity contribution >= 4 is 10.9 Å². The zero-order chi connectivity index (χ0) is 11.4. The lowest BCUT2D eigenvalue weighted by Crippen LogP contribution is -2.20. The van der Waals surface area contributed by atoms with Gasteiger partial charge in [0, 0.05) is 18.3 Å². The molecule has 0 spiro atoms. The molecule has 0 aliphatic carbocycles. The van der Waals surface area contributed by atoms with Gasteiger partial charge >= 0.3 is 0 Å². The fourth-order valence-corrected chi connectivity index (χ4v) is 1.82. The smallest absolute Gasteiger partial charge is 0.0454 e. The number of hydrogen-bond donors (Lipinski definition) is 2. The number of H-pyrrole nitrogens is 1. The van der Waals surface area contributed by atoms with Gasteiger partial charge in [0.05, 0.1) is 0 Å². The van der Waals surface area contributed by atoms with E-state index in [1.807, 2.05) is 6.20 Å². The highest BCUT2D eigenvalue weighted by atomic mass is 14.9. The molecule has 1 aromatic heterocycles. The van der Waals surface area contributed by atoms with Gasteiger partial charge in [-0.2, -0.15) is 0 Å². The standard InChI is InChI=1S/C14H20N2/c1-3-11(2)9-15-10-12-4-5-14-13(8-12)6-7-16-14/h4-8,11,15-16H,3,9-10H2,1-2H3. The quantitative estimate of drug-likeness (QED) is 0.788. The zero-order valence-electron chi connectivity index (χ0n) is 10.1. The Hall–Kier alpha value is -1.28. The van der Waals surface area contributed by atoms with Gasteiger partial charge in [-0.15, -0.1) is 0 Å². The van der Waals surface area contributed by atoms with Crippen molar-refractivity contribution < 1.29 is 0 Å². The summed E-state index contributed by atoms with van der Waals surface area (Å²) < 4.78 is 0. The minimum atomic E-state index is 0.760. The number of fused-ring (bicyclic) bond motifs is 1. The predicted octanol–water partition coefficient (Wildman–Crippen LogP) is 3.30. The van der Waals surface area contributed by atoms with E-state index in [1.54, 1.807) is 0 Å². The number of hydrogen-bond acceptors (Lipinski definition) is 1. The van der Waals surface area contributed by atoms with Crippen molar-refractivity contribution in [3.05, 3.63) is 36.0 Å². The van der Waals surface area contributed by atoms with E-state index in [-0.39, 0.29) is 0 Å². The average Bonchev–Trinajstić information content (AvgIpc) is 2.76. The first-order chi connectivity index (χ1) is 7.79. The molecular formula is C14H20N2. The van der Waals surface area contributed by atoms with E-state index < -0.39 is 0 Å². The van der Waals surface area contributed by atoms with Crippen LogP contribution in [0.4, 0.5) is 0 Å². The third kappa shape index (κ3) is 2.64. The molecule has 0 fully saturated rings. The Kier molecular flexibility index (Phi) is 3.62. The molecule has 1 aromatic carbocycles. The lowest BCUT2D eigenvalue weighted by atomic mass is 10.1. The van der Waals surface area contributed by atoms with Crippen molar-refractivity contribution in [3.63, 3.8) is 0 Å². The van der Waals surface area contributed by atoms with E-state index in [2.05, 4.69) is 48.4 Å². The predicted molar refractivity (Wildman–Crippen MR) is 69.5 cm³/mol. The van der Waals surface area contributed by atoms with Gasteiger partial charge < -0.3 is 10.3 Å². The van der Waals surface area contributed by atoms with E-state index in [0.29, 0.717) is 0 Å². The molecule has 0 radical (unpaired) electrons. The Labute approximate surface area is 97.1 Å². The number of aromatic amines is 1. The fourth-order valence-electron chi connectivity index (χ4n) is 1.82. The van der Waals surface area contributed by atoms with Crippen LogP contribution in [0, 0.1) is 5.92 Å². The summed E-state index contributed by atoms with van der Waals surface area (Å²) in [4.78, 5) is 3.21. The van der Waals surface area contributed by atoms with Crippen molar-refractivity contribution in [2.75, 3.05) is 6.54 Å². The van der Waals surface area contributed by atoms with Crippen molar-refractivity contribution in [1.82, 2.24) is 10.3 Å². The Morgan fingerprint density at radius 2 is 2.19 bits per heavy atom. The van der Waals surface area contributed by atoms with Crippen molar-refractivity contribution in [2.24, 2.45) is 5.92 Å². The summed E-state index contributed by atoms with van der Waals surface area (Å²) in [5.41, 5.74) is 2.57. The van der Waals surface area contributed by atoms with Gasteiger partial charge in [-0.25, -0.2) is 0 Å². The van der Waals surface area contributed by atoms with E-state index in [0.717, 1.165) is 19.0 Å². The Morgan fingerprint density at radius 1 is 1.31 bits per heavy atom. The first-order valence-corrected chi connectivity index (χ1v) is 6.06. The second-order valence-electron chi connectivity index (χ2n) is 4.54. The Morgan fingerprint density at radius 3 is 3.00 bits per heavy atom. The number of nitrogens with one attached hydrogen (secondary N) is 2. The van der Waals surface area contributed by atoms with Crippen LogP contribution >= 0.6 is 0 Å². The third-order valence-electron chi connectivity index (χ3n) is 3.14. The summed E-state index contributed by atoms with van der Waals surface area (Å²) >= 11 is 0. The second kappa shape index (κ2) is 5.17. The maximum atomic E-state index is 3.50. The van der Waals surface area contributed by atoms with Crippen LogP contribution in [0.5, 0.6) is 0 Å². The first-order valence-electron chi connectivity index (χ1n) is 6.06. The minimum Gasteiger partial charge on any atom is -0.361 e. The van der Waals surface area contributed by atoms with E-state index in [4.69, 9.17) is 0 Å². The van der Waals surface area contributed by atoms with Gasteiger partial charge in [-0.1, -0.05) is 26.3 Å². The van der Waals surface area contributed by atoms with Crippen LogP contribution < -0.4 is 5.32 Å². The van der Waals surface area contributed by atoms with Gasteiger partial charge in [0.1, 0.15) is 0 Å². The van der Waals surface area contributed by atoms with Gasteiger partial charge in [0.25, 0.3) is 0 Å². The highest BCUT2D eigenvalue weighted by Gasteiger charge is 1.99. The summed E-state index contributed by atoms with van der Waals surface area (Å²) in [6.45, 7) is 6.58. The molecule has 0 aliphatic heterocycles. The molecule has 0 bridgehead atoms. The number of aromatic nitrogens is 1. The van der Waals surface area contributed by atoms with Crippen LogP contribution in [0.1, 0.15) is 25.8 Å². The fraction of sp³-hybridized carbons (Fsp3) is 0.429. The zero-order valence-corrected chi connectivity index (χ0v) is 10.1.